The van der Waals surface area contributed by atoms with Gasteiger partial charge >= 0.3 is 17.9 Å². The van der Waals surface area contributed by atoms with E-state index >= 15 is 0 Å². The van der Waals surface area contributed by atoms with Crippen LogP contribution in [0.1, 0.15) is 258 Å². The molecule has 0 radical (unpaired) electrons. The molecule has 0 fully saturated rings. The molecule has 0 rings (SSSR count). The van der Waals surface area contributed by atoms with Crippen LogP contribution in [0.25, 0.3) is 0 Å². The molecule has 0 heterocycles. The summed E-state index contributed by atoms with van der Waals surface area (Å²) >= 11 is 0. The van der Waals surface area contributed by atoms with E-state index < -0.39 is 6.10 Å². The third kappa shape index (κ3) is 55.0. The van der Waals surface area contributed by atoms with Gasteiger partial charge in [-0.15, -0.1) is 0 Å². The summed E-state index contributed by atoms with van der Waals surface area (Å²) < 4.78 is 16.8. The number of esters is 3. The molecule has 0 bridgehead atoms. The lowest BCUT2D eigenvalue weighted by molar-refractivity contribution is -0.167. The fourth-order valence-electron chi connectivity index (χ4n) is 7.71. The fourth-order valence-corrected chi connectivity index (χ4v) is 7.71. The molecule has 0 aromatic carbocycles. The maximum Gasteiger partial charge on any atom is 0.306 e. The zero-order valence-electron chi connectivity index (χ0n) is 45.5. The Morgan fingerprint density at radius 2 is 0.557 bits per heavy atom. The maximum atomic E-state index is 12.9. The van der Waals surface area contributed by atoms with E-state index in [0.717, 1.165) is 128 Å². The number of hydrogen-bond acceptors (Lipinski definition) is 6. The van der Waals surface area contributed by atoms with Gasteiger partial charge in [0.15, 0.2) is 6.10 Å². The lowest BCUT2D eigenvalue weighted by Crippen LogP contribution is -2.30. The molecular formula is C64H106O6. The Labute approximate surface area is 431 Å². The van der Waals surface area contributed by atoms with Crippen LogP contribution in [-0.2, 0) is 28.6 Å². The lowest BCUT2D eigenvalue weighted by Gasteiger charge is -2.18. The number of unbranched alkanes of at least 4 members (excludes halogenated alkanes) is 22. The minimum atomic E-state index is -0.806. The monoisotopic (exact) mass is 971 g/mol. The van der Waals surface area contributed by atoms with E-state index in [1.807, 2.05) is 0 Å². The van der Waals surface area contributed by atoms with Crippen molar-refractivity contribution >= 4 is 17.9 Å². The molecule has 0 N–H and O–H groups in total. The highest BCUT2D eigenvalue weighted by Gasteiger charge is 2.19. The molecule has 398 valence electrons. The molecule has 0 aromatic heterocycles. The normalized spacial score (nSPS) is 12.9. The Kier molecular flexibility index (Phi) is 54.4. The summed E-state index contributed by atoms with van der Waals surface area (Å²) in [6.45, 7) is 6.37. The van der Waals surface area contributed by atoms with Gasteiger partial charge in [0, 0.05) is 19.3 Å². The van der Waals surface area contributed by atoms with Crippen molar-refractivity contribution in [3.05, 3.63) is 109 Å². The molecular weight excluding hydrogens is 865 g/mol. The number of rotatable bonds is 51. The smallest absolute Gasteiger partial charge is 0.306 e. The largest absolute Gasteiger partial charge is 0.462 e. The van der Waals surface area contributed by atoms with Crippen LogP contribution in [0.15, 0.2) is 109 Å². The van der Waals surface area contributed by atoms with Crippen molar-refractivity contribution in [3.63, 3.8) is 0 Å². The molecule has 6 heteroatoms. The molecule has 70 heavy (non-hydrogen) atoms. The SMILES string of the molecule is CC/C=C\C/C=C\C/C=C\C/C=C\C/C=C\CCCCCC(=O)OCC(COC(=O)CCCCCC/C=C\C/C=C\C/C=C\CC)OC(=O)CCCCCCCCC/C=C\CCCCCCCCCC. The van der Waals surface area contributed by atoms with E-state index in [1.54, 1.807) is 0 Å². The van der Waals surface area contributed by atoms with E-state index in [2.05, 4.69) is 130 Å². The average molecular weight is 972 g/mol. The second kappa shape index (κ2) is 57.6. The van der Waals surface area contributed by atoms with Gasteiger partial charge < -0.3 is 14.2 Å². The summed E-state index contributed by atoms with van der Waals surface area (Å²) in [6, 6.07) is 0. The molecule has 1 atom stereocenters. The van der Waals surface area contributed by atoms with Gasteiger partial charge in [-0.05, 0) is 122 Å². The van der Waals surface area contributed by atoms with Gasteiger partial charge in [0.1, 0.15) is 13.2 Å². The van der Waals surface area contributed by atoms with Crippen molar-refractivity contribution in [2.45, 2.75) is 264 Å². The predicted molar refractivity (Wildman–Crippen MR) is 302 cm³/mol. The van der Waals surface area contributed by atoms with E-state index in [-0.39, 0.29) is 31.1 Å². The van der Waals surface area contributed by atoms with Crippen molar-refractivity contribution in [3.8, 4) is 0 Å². The number of ether oxygens (including phenoxy) is 3. The van der Waals surface area contributed by atoms with Crippen LogP contribution >= 0.6 is 0 Å². The zero-order valence-corrected chi connectivity index (χ0v) is 45.5. The van der Waals surface area contributed by atoms with Crippen LogP contribution in [0.4, 0.5) is 0 Å². The second-order valence-corrected chi connectivity index (χ2v) is 18.8. The summed E-state index contributed by atoms with van der Waals surface area (Å²) in [5.41, 5.74) is 0. The summed E-state index contributed by atoms with van der Waals surface area (Å²) in [5.74, 6) is -0.960. The molecule has 0 saturated carbocycles. The molecule has 0 aromatic rings. The Morgan fingerprint density at radius 3 is 0.900 bits per heavy atom. The Morgan fingerprint density at radius 1 is 0.300 bits per heavy atom. The molecule has 0 aliphatic carbocycles. The first-order chi connectivity index (χ1) is 34.5. The number of allylic oxidation sites excluding steroid dienone is 18. The molecule has 0 aliphatic heterocycles. The Bertz CT molecular complexity index is 1440. The highest BCUT2D eigenvalue weighted by atomic mass is 16.6. The molecule has 6 nitrogen and oxygen atoms in total. The predicted octanol–water partition coefficient (Wildman–Crippen LogP) is 19.5. The van der Waals surface area contributed by atoms with Gasteiger partial charge in [0.2, 0.25) is 0 Å². The quantitative estimate of drug-likeness (QED) is 0.0262. The van der Waals surface area contributed by atoms with E-state index in [1.165, 1.54) is 89.9 Å². The Hall–Kier alpha value is -3.93. The summed E-state index contributed by atoms with van der Waals surface area (Å²) in [7, 11) is 0. The number of carbonyl (C=O) groups excluding carboxylic acids is 3. The van der Waals surface area contributed by atoms with Crippen molar-refractivity contribution < 1.29 is 28.6 Å². The number of carbonyl (C=O) groups is 3. The highest BCUT2D eigenvalue weighted by molar-refractivity contribution is 5.71. The first-order valence-electron chi connectivity index (χ1n) is 28.9. The van der Waals surface area contributed by atoms with Gasteiger partial charge in [0.25, 0.3) is 0 Å². The van der Waals surface area contributed by atoms with E-state index in [4.69, 9.17) is 14.2 Å². The lowest BCUT2D eigenvalue weighted by atomic mass is 10.1. The van der Waals surface area contributed by atoms with Crippen LogP contribution in [0.2, 0.25) is 0 Å². The summed E-state index contributed by atoms with van der Waals surface area (Å²) in [5, 5.41) is 0. The third-order valence-electron chi connectivity index (χ3n) is 12.0. The fraction of sp³-hybridized carbons (Fsp3) is 0.672. The van der Waals surface area contributed by atoms with Gasteiger partial charge in [-0.1, -0.05) is 226 Å². The van der Waals surface area contributed by atoms with Gasteiger partial charge in [-0.3, -0.25) is 14.4 Å². The van der Waals surface area contributed by atoms with Crippen molar-refractivity contribution in [2.75, 3.05) is 13.2 Å². The van der Waals surface area contributed by atoms with Crippen molar-refractivity contribution in [2.24, 2.45) is 0 Å². The van der Waals surface area contributed by atoms with Gasteiger partial charge in [0.05, 0.1) is 0 Å². The van der Waals surface area contributed by atoms with Crippen LogP contribution in [0.3, 0.4) is 0 Å². The summed E-state index contributed by atoms with van der Waals surface area (Å²) in [6.07, 6.45) is 77.9. The average Bonchev–Trinajstić information content (AvgIpc) is 3.36. The van der Waals surface area contributed by atoms with Crippen LogP contribution in [-0.4, -0.2) is 37.2 Å². The van der Waals surface area contributed by atoms with Crippen molar-refractivity contribution in [1.29, 1.82) is 0 Å². The first-order valence-corrected chi connectivity index (χ1v) is 28.9. The van der Waals surface area contributed by atoms with Crippen LogP contribution < -0.4 is 0 Å². The topological polar surface area (TPSA) is 78.9 Å². The van der Waals surface area contributed by atoms with E-state index in [9.17, 15) is 14.4 Å². The molecule has 1 unspecified atom stereocenters. The minimum Gasteiger partial charge on any atom is -0.462 e. The van der Waals surface area contributed by atoms with Gasteiger partial charge in [-0.2, -0.15) is 0 Å². The maximum absolute atomic E-state index is 12.9. The summed E-state index contributed by atoms with van der Waals surface area (Å²) in [4.78, 5) is 38.2. The Balaban J connectivity index is 4.48. The molecule has 0 aliphatic rings. The first kappa shape index (κ1) is 66.1. The zero-order chi connectivity index (χ0) is 50.7. The second-order valence-electron chi connectivity index (χ2n) is 18.8. The number of hydrogen-bond donors (Lipinski definition) is 0. The standard InChI is InChI=1S/C64H106O6/c1-4-7-10-13-16-19-22-25-28-30-32-34-36-39-42-45-48-51-54-57-63(66)69-60-61(59-68-62(65)56-53-50-47-44-41-38-27-24-21-18-15-12-9-6-3)70-64(67)58-55-52-49-46-43-40-37-35-33-31-29-26-23-20-17-14-11-8-5-2/h7,9-10,12,16,18-19,21,25,27-28,31-34,38-39,42,61H,4-6,8,11,13-15,17,20,22-24,26,29-30,35-37,40-41,43-60H2,1-3H3/b10-7-,12-9-,19-16-,21-18-,28-25-,33-31-,34-32-,38-27-,42-39-. The van der Waals surface area contributed by atoms with Crippen LogP contribution in [0, 0.1) is 0 Å². The van der Waals surface area contributed by atoms with Crippen molar-refractivity contribution in [1.82, 2.24) is 0 Å². The molecule has 0 saturated heterocycles. The van der Waals surface area contributed by atoms with E-state index in [0.29, 0.717) is 19.3 Å². The minimum absolute atomic E-state index is 0.104. The van der Waals surface area contributed by atoms with Crippen LogP contribution in [0.5, 0.6) is 0 Å². The molecule has 0 spiro atoms. The molecule has 0 amide bonds. The highest BCUT2D eigenvalue weighted by Crippen LogP contribution is 2.14. The van der Waals surface area contributed by atoms with Gasteiger partial charge in [-0.25, -0.2) is 0 Å². The third-order valence-corrected chi connectivity index (χ3v) is 12.0.